The van der Waals surface area contributed by atoms with E-state index in [0.717, 1.165) is 56.6 Å². The highest BCUT2D eigenvalue weighted by molar-refractivity contribution is 5.91. The van der Waals surface area contributed by atoms with Gasteiger partial charge in [0.05, 0.1) is 18.1 Å². The number of carbonyl (C=O) groups is 2. The van der Waals surface area contributed by atoms with Crippen molar-refractivity contribution in [3.8, 4) is 17.2 Å². The lowest BCUT2D eigenvalue weighted by Crippen LogP contribution is -2.25. The molecule has 0 N–H and O–H groups in total. The Morgan fingerprint density at radius 2 is 1.49 bits per heavy atom. The van der Waals surface area contributed by atoms with E-state index in [1.165, 1.54) is 25.7 Å². The number of rotatable bonds is 15. The topological polar surface area (TPSA) is 61.8 Å². The summed E-state index contributed by atoms with van der Waals surface area (Å²) in [6.45, 7) is 7.40. The second-order valence-corrected chi connectivity index (χ2v) is 10.8. The van der Waals surface area contributed by atoms with Crippen LogP contribution in [0.15, 0.2) is 60.7 Å². The van der Waals surface area contributed by atoms with Crippen LogP contribution in [-0.4, -0.2) is 18.5 Å². The van der Waals surface area contributed by atoms with E-state index in [4.69, 9.17) is 14.2 Å². The van der Waals surface area contributed by atoms with Gasteiger partial charge in [0.25, 0.3) is 0 Å². The Bertz CT molecular complexity index is 1020. The number of benzene rings is 2. The fourth-order valence-electron chi connectivity index (χ4n) is 4.80. The SMILES string of the molecule is CCC/C=C/C1CCC(C(=O)Oc2ccc(OC(=O)c3ccc(OCCCCCC(C)CC)cc3)cc2)CC1. The lowest BCUT2D eigenvalue weighted by atomic mass is 9.82. The van der Waals surface area contributed by atoms with Crippen molar-refractivity contribution in [3.05, 3.63) is 66.2 Å². The Morgan fingerprint density at radius 1 is 0.846 bits per heavy atom. The summed E-state index contributed by atoms with van der Waals surface area (Å²) in [4.78, 5) is 25.2. The van der Waals surface area contributed by atoms with Gasteiger partial charge in [0.2, 0.25) is 0 Å². The van der Waals surface area contributed by atoms with Crippen LogP contribution in [0.5, 0.6) is 17.2 Å². The molecule has 1 aliphatic carbocycles. The van der Waals surface area contributed by atoms with Gasteiger partial charge < -0.3 is 14.2 Å². The van der Waals surface area contributed by atoms with Gasteiger partial charge in [-0.1, -0.05) is 65.0 Å². The smallest absolute Gasteiger partial charge is 0.343 e. The molecule has 1 fully saturated rings. The Balaban J connectivity index is 1.37. The molecule has 0 aromatic heterocycles. The summed E-state index contributed by atoms with van der Waals surface area (Å²) in [5.41, 5.74) is 0.451. The summed E-state index contributed by atoms with van der Waals surface area (Å²) in [5.74, 6) is 2.31. The van der Waals surface area contributed by atoms with E-state index in [1.54, 1.807) is 48.5 Å². The van der Waals surface area contributed by atoms with Gasteiger partial charge in [-0.25, -0.2) is 4.79 Å². The van der Waals surface area contributed by atoms with Crippen molar-refractivity contribution in [2.75, 3.05) is 6.61 Å². The second-order valence-electron chi connectivity index (χ2n) is 10.8. The maximum Gasteiger partial charge on any atom is 0.343 e. The first-order valence-electron chi connectivity index (χ1n) is 14.9. The number of carbonyl (C=O) groups excluding carboxylic acids is 2. The molecule has 2 aromatic rings. The highest BCUT2D eigenvalue weighted by Crippen LogP contribution is 2.31. The van der Waals surface area contributed by atoms with E-state index in [1.807, 2.05) is 0 Å². The van der Waals surface area contributed by atoms with Crippen LogP contribution in [0.25, 0.3) is 0 Å². The van der Waals surface area contributed by atoms with Crippen molar-refractivity contribution < 1.29 is 23.8 Å². The fourth-order valence-corrected chi connectivity index (χ4v) is 4.80. The molecule has 0 heterocycles. The highest BCUT2D eigenvalue weighted by atomic mass is 16.5. The maximum atomic E-state index is 12.6. The summed E-state index contributed by atoms with van der Waals surface area (Å²) in [7, 11) is 0. The number of esters is 2. The molecule has 1 atom stereocenters. The predicted molar refractivity (Wildman–Crippen MR) is 156 cm³/mol. The van der Waals surface area contributed by atoms with E-state index >= 15 is 0 Å². The molecule has 0 saturated heterocycles. The highest BCUT2D eigenvalue weighted by Gasteiger charge is 2.26. The fraction of sp³-hybridized carbons (Fsp3) is 0.529. The van der Waals surface area contributed by atoms with Gasteiger partial charge in [-0.2, -0.15) is 0 Å². The number of ether oxygens (including phenoxy) is 3. The van der Waals surface area contributed by atoms with Gasteiger partial charge in [-0.15, -0.1) is 0 Å². The van der Waals surface area contributed by atoms with Gasteiger partial charge in [-0.05, 0) is 98.9 Å². The monoisotopic (exact) mass is 534 g/mol. The zero-order valence-electron chi connectivity index (χ0n) is 24.0. The van der Waals surface area contributed by atoms with Gasteiger partial charge >= 0.3 is 11.9 Å². The van der Waals surface area contributed by atoms with Crippen LogP contribution in [0, 0.1) is 17.8 Å². The molecule has 0 radical (unpaired) electrons. The Morgan fingerprint density at radius 3 is 2.13 bits per heavy atom. The van der Waals surface area contributed by atoms with Crippen LogP contribution in [0.2, 0.25) is 0 Å². The largest absolute Gasteiger partial charge is 0.494 e. The van der Waals surface area contributed by atoms with Gasteiger partial charge in [0, 0.05) is 0 Å². The van der Waals surface area contributed by atoms with Crippen molar-refractivity contribution >= 4 is 11.9 Å². The molecule has 5 heteroatoms. The minimum absolute atomic E-state index is 0.0557. The Kier molecular flexibility index (Phi) is 13.1. The predicted octanol–water partition coefficient (Wildman–Crippen LogP) is 8.96. The van der Waals surface area contributed by atoms with E-state index in [2.05, 4.69) is 32.9 Å². The molecule has 0 spiro atoms. The van der Waals surface area contributed by atoms with Crippen LogP contribution in [0.1, 0.15) is 102 Å². The molecule has 5 nitrogen and oxygen atoms in total. The first-order valence-corrected chi connectivity index (χ1v) is 14.9. The van der Waals surface area contributed by atoms with E-state index in [0.29, 0.717) is 29.6 Å². The Labute approximate surface area is 234 Å². The van der Waals surface area contributed by atoms with Crippen LogP contribution < -0.4 is 14.2 Å². The number of hydrogen-bond donors (Lipinski definition) is 0. The van der Waals surface area contributed by atoms with Crippen molar-refractivity contribution in [3.63, 3.8) is 0 Å². The van der Waals surface area contributed by atoms with Crippen molar-refractivity contribution in [2.45, 2.75) is 91.4 Å². The van der Waals surface area contributed by atoms with Crippen LogP contribution in [0.4, 0.5) is 0 Å². The minimum Gasteiger partial charge on any atom is -0.494 e. The molecule has 3 rings (SSSR count). The van der Waals surface area contributed by atoms with E-state index < -0.39 is 5.97 Å². The number of unbranched alkanes of at least 4 members (excludes halogenated alkanes) is 3. The first-order chi connectivity index (χ1) is 19.0. The second kappa shape index (κ2) is 16.8. The molecule has 212 valence electrons. The summed E-state index contributed by atoms with van der Waals surface area (Å²) in [6, 6.07) is 13.7. The molecule has 1 saturated carbocycles. The summed E-state index contributed by atoms with van der Waals surface area (Å²) < 4.78 is 16.9. The van der Waals surface area contributed by atoms with E-state index in [9.17, 15) is 9.59 Å². The Hall–Kier alpha value is -3.08. The average molecular weight is 535 g/mol. The third-order valence-electron chi connectivity index (χ3n) is 7.62. The summed E-state index contributed by atoms with van der Waals surface area (Å²) >= 11 is 0. The maximum absolute atomic E-state index is 12.6. The van der Waals surface area contributed by atoms with Crippen molar-refractivity contribution in [2.24, 2.45) is 17.8 Å². The van der Waals surface area contributed by atoms with Crippen LogP contribution in [-0.2, 0) is 4.79 Å². The zero-order valence-corrected chi connectivity index (χ0v) is 24.0. The van der Waals surface area contributed by atoms with E-state index in [-0.39, 0.29) is 11.9 Å². The lowest BCUT2D eigenvalue weighted by molar-refractivity contribution is -0.140. The molecule has 0 amide bonds. The van der Waals surface area contributed by atoms with Gasteiger partial charge in [-0.3, -0.25) is 4.79 Å². The molecule has 39 heavy (non-hydrogen) atoms. The molecule has 1 unspecified atom stereocenters. The third kappa shape index (κ3) is 10.9. The number of allylic oxidation sites excluding steroid dienone is 2. The molecular formula is C34H46O5. The molecular weight excluding hydrogens is 488 g/mol. The van der Waals surface area contributed by atoms with Gasteiger partial charge in [0.1, 0.15) is 17.2 Å². The quantitative estimate of drug-likeness (QED) is 0.0987. The standard InChI is InChI=1S/C34H46O5/c1-4-6-8-12-27-13-15-28(16-14-27)33(35)38-31-21-23-32(24-22-31)39-34(36)29-17-19-30(20-18-29)37-25-10-7-9-11-26(3)5-2/h8,12,17-24,26-28H,4-7,9-11,13-16,25H2,1-3H3/b12-8+. The molecule has 0 aliphatic heterocycles. The molecule has 0 bridgehead atoms. The third-order valence-corrected chi connectivity index (χ3v) is 7.62. The first kappa shape index (κ1) is 30.5. The van der Waals surface area contributed by atoms with Crippen LogP contribution >= 0.6 is 0 Å². The van der Waals surface area contributed by atoms with Crippen LogP contribution in [0.3, 0.4) is 0 Å². The van der Waals surface area contributed by atoms with Crippen molar-refractivity contribution in [1.29, 1.82) is 0 Å². The lowest BCUT2D eigenvalue weighted by Gasteiger charge is -2.25. The molecule has 2 aromatic carbocycles. The summed E-state index contributed by atoms with van der Waals surface area (Å²) in [5, 5.41) is 0. The zero-order chi connectivity index (χ0) is 27.9. The minimum atomic E-state index is -0.443. The molecule has 1 aliphatic rings. The van der Waals surface area contributed by atoms with Crippen molar-refractivity contribution in [1.82, 2.24) is 0 Å². The number of hydrogen-bond acceptors (Lipinski definition) is 5. The van der Waals surface area contributed by atoms with Gasteiger partial charge in [0.15, 0.2) is 0 Å². The summed E-state index contributed by atoms with van der Waals surface area (Å²) in [6.07, 6.45) is 16.6. The average Bonchev–Trinajstić information content (AvgIpc) is 2.96. The normalized spacial score (nSPS) is 18.0.